The van der Waals surface area contributed by atoms with Crippen molar-refractivity contribution in [2.45, 2.75) is 13.8 Å². The molecule has 62 valence electrons. The minimum absolute atomic E-state index is 0.215. The van der Waals surface area contributed by atoms with Crippen molar-refractivity contribution in [3.05, 3.63) is 11.8 Å². The van der Waals surface area contributed by atoms with Crippen molar-refractivity contribution in [2.75, 3.05) is 7.11 Å². The van der Waals surface area contributed by atoms with Gasteiger partial charge in [-0.3, -0.25) is 4.79 Å². The van der Waals surface area contributed by atoms with Crippen LogP contribution in [0.4, 0.5) is 0 Å². The molecule has 0 saturated heterocycles. The second kappa shape index (κ2) is 4.49. The highest BCUT2D eigenvalue weighted by molar-refractivity contribution is 5.88. The van der Waals surface area contributed by atoms with E-state index in [1.54, 1.807) is 6.92 Å². The van der Waals surface area contributed by atoms with Crippen LogP contribution >= 0.6 is 0 Å². The molecule has 1 N–H and O–H groups in total. The third-order valence-corrected chi connectivity index (χ3v) is 0.999. The monoisotopic (exact) mass is 157 g/mol. The van der Waals surface area contributed by atoms with Crippen molar-refractivity contribution in [2.24, 2.45) is 0 Å². The highest BCUT2D eigenvalue weighted by Crippen LogP contribution is 1.91. The average Bonchev–Trinajstić information content (AvgIpc) is 1.98. The zero-order valence-corrected chi connectivity index (χ0v) is 6.80. The summed E-state index contributed by atoms with van der Waals surface area (Å²) in [6.07, 6.45) is 1.31. The first-order valence-electron chi connectivity index (χ1n) is 3.10. The molecule has 0 aromatic carbocycles. The second-order valence-electron chi connectivity index (χ2n) is 2.02. The van der Waals surface area contributed by atoms with Gasteiger partial charge in [-0.25, -0.2) is 4.79 Å². The number of esters is 1. The molecule has 1 amide bonds. The summed E-state index contributed by atoms with van der Waals surface area (Å²) < 4.78 is 4.39. The van der Waals surface area contributed by atoms with Crippen LogP contribution in [0.25, 0.3) is 0 Å². The van der Waals surface area contributed by atoms with Crippen LogP contribution in [0.3, 0.4) is 0 Å². The van der Waals surface area contributed by atoms with Gasteiger partial charge in [0, 0.05) is 13.1 Å². The number of hydrogen-bond donors (Lipinski definition) is 1. The molecule has 0 aliphatic heterocycles. The minimum atomic E-state index is -0.446. The van der Waals surface area contributed by atoms with Crippen LogP contribution in [0.2, 0.25) is 0 Å². The Balaban J connectivity index is 4.00. The van der Waals surface area contributed by atoms with Gasteiger partial charge < -0.3 is 10.1 Å². The van der Waals surface area contributed by atoms with Crippen LogP contribution in [0, 0.1) is 0 Å². The number of hydrogen-bond acceptors (Lipinski definition) is 3. The second-order valence-corrected chi connectivity index (χ2v) is 2.02. The van der Waals surface area contributed by atoms with Crippen LogP contribution in [0.15, 0.2) is 11.8 Å². The summed E-state index contributed by atoms with van der Waals surface area (Å²) in [6.45, 7) is 2.92. The number of amides is 1. The zero-order chi connectivity index (χ0) is 8.85. The maximum Gasteiger partial charge on any atom is 0.334 e. The summed E-state index contributed by atoms with van der Waals surface area (Å²) >= 11 is 0. The number of ether oxygens (including phenoxy) is 1. The molecule has 0 aromatic rings. The van der Waals surface area contributed by atoms with E-state index < -0.39 is 5.97 Å². The van der Waals surface area contributed by atoms with E-state index in [0.29, 0.717) is 5.57 Å². The van der Waals surface area contributed by atoms with Gasteiger partial charge in [-0.1, -0.05) is 0 Å². The van der Waals surface area contributed by atoms with E-state index in [1.165, 1.54) is 20.2 Å². The molecule has 4 nitrogen and oxygen atoms in total. The summed E-state index contributed by atoms with van der Waals surface area (Å²) in [7, 11) is 1.29. The maximum atomic E-state index is 10.7. The van der Waals surface area contributed by atoms with Gasteiger partial charge in [0.2, 0.25) is 5.91 Å². The largest absolute Gasteiger partial charge is 0.466 e. The zero-order valence-electron chi connectivity index (χ0n) is 6.80. The number of carbonyl (C=O) groups is 2. The van der Waals surface area contributed by atoms with Gasteiger partial charge in [0.05, 0.1) is 12.7 Å². The first-order valence-corrected chi connectivity index (χ1v) is 3.10. The Bertz CT molecular complexity index is 196. The number of rotatable bonds is 2. The third kappa shape index (κ3) is 4.13. The molecule has 0 spiro atoms. The Morgan fingerprint density at radius 3 is 2.27 bits per heavy atom. The summed E-state index contributed by atoms with van der Waals surface area (Å²) in [4.78, 5) is 21.0. The Kier molecular flexibility index (Phi) is 3.95. The first kappa shape index (κ1) is 9.68. The Morgan fingerprint density at radius 1 is 1.36 bits per heavy atom. The molecule has 0 aliphatic rings. The summed E-state index contributed by atoms with van der Waals surface area (Å²) in [5.74, 6) is -0.660. The summed E-state index contributed by atoms with van der Waals surface area (Å²) in [5, 5.41) is 2.36. The highest BCUT2D eigenvalue weighted by Gasteiger charge is 2.01. The Labute approximate surface area is 65.2 Å². The smallest absolute Gasteiger partial charge is 0.334 e. The molecule has 0 heterocycles. The lowest BCUT2D eigenvalue weighted by atomic mass is 10.3. The van der Waals surface area contributed by atoms with Gasteiger partial charge in [0.1, 0.15) is 0 Å². The number of nitrogens with one attached hydrogen (secondary N) is 1. The molecule has 0 rings (SSSR count). The van der Waals surface area contributed by atoms with Crippen LogP contribution < -0.4 is 5.32 Å². The predicted molar refractivity (Wildman–Crippen MR) is 39.6 cm³/mol. The molecule has 0 atom stereocenters. The number of carbonyl (C=O) groups excluding carboxylic acids is 2. The first-order chi connectivity index (χ1) is 5.07. The fourth-order valence-corrected chi connectivity index (χ4v) is 0.430. The molecule has 4 heteroatoms. The molecular weight excluding hydrogens is 146 g/mol. The maximum absolute atomic E-state index is 10.7. The van der Waals surface area contributed by atoms with Crippen molar-refractivity contribution < 1.29 is 14.3 Å². The van der Waals surface area contributed by atoms with Gasteiger partial charge in [-0.05, 0) is 6.92 Å². The lowest BCUT2D eigenvalue weighted by Gasteiger charge is -1.97. The molecule has 0 unspecified atom stereocenters. The average molecular weight is 157 g/mol. The SMILES string of the molecule is COC(=O)C(C)=CNC(C)=O. The van der Waals surface area contributed by atoms with Gasteiger partial charge in [0.25, 0.3) is 0 Å². The van der Waals surface area contributed by atoms with Crippen LogP contribution in [-0.2, 0) is 14.3 Å². The van der Waals surface area contributed by atoms with Gasteiger partial charge in [-0.15, -0.1) is 0 Å². The fourth-order valence-electron chi connectivity index (χ4n) is 0.430. The normalized spacial score (nSPS) is 10.6. The topological polar surface area (TPSA) is 55.4 Å². The summed E-state index contributed by atoms with van der Waals surface area (Å²) in [6, 6.07) is 0. The van der Waals surface area contributed by atoms with Gasteiger partial charge in [0.15, 0.2) is 0 Å². The molecule has 0 saturated carbocycles. The van der Waals surface area contributed by atoms with E-state index in [0.717, 1.165) is 0 Å². The standard InChI is InChI=1S/C7H11NO3/c1-5(7(10)11-3)4-8-6(2)9/h4H,1-3H3,(H,8,9). The predicted octanol–water partition coefficient (Wildman–Crippen LogP) is 0.199. The lowest BCUT2D eigenvalue weighted by Crippen LogP contribution is -2.14. The molecule has 0 aliphatic carbocycles. The molecule has 0 bridgehead atoms. The van der Waals surface area contributed by atoms with Crippen molar-refractivity contribution in [1.29, 1.82) is 0 Å². The van der Waals surface area contributed by atoms with E-state index in [2.05, 4.69) is 10.1 Å². The fraction of sp³-hybridized carbons (Fsp3) is 0.429. The molecule has 0 fully saturated rings. The highest BCUT2D eigenvalue weighted by atomic mass is 16.5. The number of methoxy groups -OCH3 is 1. The van der Waals surface area contributed by atoms with E-state index >= 15 is 0 Å². The van der Waals surface area contributed by atoms with E-state index in [9.17, 15) is 9.59 Å². The van der Waals surface area contributed by atoms with E-state index in [1.807, 2.05) is 0 Å². The van der Waals surface area contributed by atoms with Crippen LogP contribution in [0.1, 0.15) is 13.8 Å². The van der Waals surface area contributed by atoms with Crippen LogP contribution in [-0.4, -0.2) is 19.0 Å². The minimum Gasteiger partial charge on any atom is -0.466 e. The van der Waals surface area contributed by atoms with Crippen molar-refractivity contribution >= 4 is 11.9 Å². The molecule has 11 heavy (non-hydrogen) atoms. The van der Waals surface area contributed by atoms with Crippen molar-refractivity contribution in [3.8, 4) is 0 Å². The van der Waals surface area contributed by atoms with Gasteiger partial charge >= 0.3 is 5.97 Å². The van der Waals surface area contributed by atoms with Crippen LogP contribution in [0.5, 0.6) is 0 Å². The molecule has 0 radical (unpaired) electrons. The van der Waals surface area contributed by atoms with Crippen molar-refractivity contribution in [3.63, 3.8) is 0 Å². The molecule has 0 aromatic heterocycles. The van der Waals surface area contributed by atoms with Gasteiger partial charge in [-0.2, -0.15) is 0 Å². The Morgan fingerprint density at radius 2 is 1.91 bits per heavy atom. The van der Waals surface area contributed by atoms with E-state index in [-0.39, 0.29) is 5.91 Å². The summed E-state index contributed by atoms with van der Waals surface area (Å²) in [5.41, 5.74) is 0.364. The van der Waals surface area contributed by atoms with E-state index in [4.69, 9.17) is 0 Å². The lowest BCUT2D eigenvalue weighted by molar-refractivity contribution is -0.136. The van der Waals surface area contributed by atoms with Crippen molar-refractivity contribution in [1.82, 2.24) is 5.32 Å². The third-order valence-electron chi connectivity index (χ3n) is 0.999. The molecular formula is C7H11NO3. The quantitative estimate of drug-likeness (QED) is 0.460. The Hall–Kier alpha value is -1.32.